The second-order valence-corrected chi connectivity index (χ2v) is 7.62. The summed E-state index contributed by atoms with van der Waals surface area (Å²) in [5.41, 5.74) is 0.981. The van der Waals surface area contributed by atoms with Gasteiger partial charge in [0.05, 0.1) is 11.3 Å². The van der Waals surface area contributed by atoms with Crippen LogP contribution >= 0.6 is 11.8 Å². The molecule has 1 aliphatic carbocycles. The summed E-state index contributed by atoms with van der Waals surface area (Å²) in [5.74, 6) is 0.925. The lowest BCUT2D eigenvalue weighted by Crippen LogP contribution is -2.30. The van der Waals surface area contributed by atoms with Crippen LogP contribution in [0.3, 0.4) is 0 Å². The second kappa shape index (κ2) is 8.48. The van der Waals surface area contributed by atoms with Gasteiger partial charge in [-0.15, -0.1) is 5.10 Å². The first-order valence-electron chi connectivity index (χ1n) is 9.04. The summed E-state index contributed by atoms with van der Waals surface area (Å²) in [6.07, 6.45) is 4.03. The topological polar surface area (TPSA) is 88.8 Å². The normalized spacial score (nSPS) is 14.9. The molecule has 1 aliphatic rings. The van der Waals surface area contributed by atoms with Crippen molar-refractivity contribution in [2.45, 2.75) is 56.6 Å². The molecule has 1 atom stereocenters. The minimum atomic E-state index is -0.263. The summed E-state index contributed by atoms with van der Waals surface area (Å²) in [6.45, 7) is 8.40. The Morgan fingerprint density at radius 3 is 2.77 bits per heavy atom. The van der Waals surface area contributed by atoms with E-state index in [1.54, 1.807) is 0 Å². The van der Waals surface area contributed by atoms with Gasteiger partial charge in [-0.05, 0) is 55.7 Å². The maximum Gasteiger partial charge on any atom is 0.233 e. The monoisotopic (exact) mass is 375 g/mol. The molecule has 9 heteroatoms. The highest BCUT2D eigenvalue weighted by molar-refractivity contribution is 8.00. The Balaban J connectivity index is 1.50. The highest BCUT2D eigenvalue weighted by Crippen LogP contribution is 2.37. The van der Waals surface area contributed by atoms with Crippen LogP contribution in [0.25, 0.3) is 0 Å². The third kappa shape index (κ3) is 4.51. The van der Waals surface area contributed by atoms with Crippen LogP contribution < -0.4 is 10.2 Å². The van der Waals surface area contributed by atoms with Crippen LogP contribution in [0.15, 0.2) is 23.5 Å². The molecule has 0 aliphatic heterocycles. The number of pyridine rings is 1. The van der Waals surface area contributed by atoms with E-state index in [0.29, 0.717) is 17.7 Å². The zero-order valence-electron chi connectivity index (χ0n) is 15.4. The minimum Gasteiger partial charge on any atom is -0.357 e. The van der Waals surface area contributed by atoms with Gasteiger partial charge in [0.2, 0.25) is 11.1 Å². The lowest BCUT2D eigenvalue weighted by atomic mass is 10.2. The van der Waals surface area contributed by atoms with Gasteiger partial charge in [0.25, 0.3) is 0 Å². The fourth-order valence-corrected chi connectivity index (χ4v) is 3.50. The molecule has 1 fully saturated rings. The Bertz CT molecular complexity index is 725. The molecule has 8 nitrogen and oxygen atoms in total. The number of aromatic nitrogens is 5. The number of nitrogens with zero attached hydrogens (tertiary/aromatic N) is 6. The fourth-order valence-electron chi connectivity index (χ4n) is 2.61. The first kappa shape index (κ1) is 18.6. The zero-order valence-corrected chi connectivity index (χ0v) is 16.2. The van der Waals surface area contributed by atoms with Crippen LogP contribution in [0.2, 0.25) is 0 Å². The fraction of sp³-hybridized carbons (Fsp3) is 0.588. The van der Waals surface area contributed by atoms with Crippen molar-refractivity contribution in [2.75, 3.05) is 18.0 Å². The molecule has 0 bridgehead atoms. The molecule has 0 radical (unpaired) electrons. The molecule has 1 amide bonds. The van der Waals surface area contributed by atoms with E-state index in [4.69, 9.17) is 0 Å². The predicted molar refractivity (Wildman–Crippen MR) is 101 cm³/mol. The Morgan fingerprint density at radius 1 is 1.38 bits per heavy atom. The third-order valence-corrected chi connectivity index (χ3v) is 5.42. The van der Waals surface area contributed by atoms with Gasteiger partial charge in [0.15, 0.2) is 0 Å². The van der Waals surface area contributed by atoms with E-state index < -0.39 is 0 Å². The molecule has 0 saturated heterocycles. The Morgan fingerprint density at radius 2 is 2.15 bits per heavy atom. The van der Waals surface area contributed by atoms with E-state index in [1.807, 2.05) is 29.9 Å². The van der Waals surface area contributed by atoms with Crippen molar-refractivity contribution >= 4 is 23.5 Å². The number of anilines is 1. The van der Waals surface area contributed by atoms with Crippen LogP contribution in [0.5, 0.6) is 0 Å². The second-order valence-electron chi connectivity index (χ2n) is 6.31. The van der Waals surface area contributed by atoms with Crippen LogP contribution in [-0.2, 0) is 11.3 Å². The Hall–Kier alpha value is -2.16. The van der Waals surface area contributed by atoms with Gasteiger partial charge in [-0.3, -0.25) is 4.79 Å². The third-order valence-electron chi connectivity index (χ3n) is 4.37. The molecule has 1 unspecified atom stereocenters. The van der Waals surface area contributed by atoms with E-state index >= 15 is 0 Å². The molecular formula is C17H25N7OS. The molecule has 2 aromatic rings. The summed E-state index contributed by atoms with van der Waals surface area (Å²) in [6, 6.07) is 4.40. The number of nitrogens with one attached hydrogen (secondary N) is 1. The van der Waals surface area contributed by atoms with Crippen molar-refractivity contribution in [1.29, 1.82) is 0 Å². The van der Waals surface area contributed by atoms with E-state index in [1.165, 1.54) is 11.8 Å². The molecule has 2 heterocycles. The molecule has 26 heavy (non-hydrogen) atoms. The van der Waals surface area contributed by atoms with Crippen LogP contribution in [0.4, 0.5) is 5.82 Å². The lowest BCUT2D eigenvalue weighted by molar-refractivity contribution is -0.120. The quantitative estimate of drug-likeness (QED) is 0.671. The van der Waals surface area contributed by atoms with Gasteiger partial charge in [0, 0.05) is 25.8 Å². The van der Waals surface area contributed by atoms with Crippen molar-refractivity contribution in [1.82, 2.24) is 30.5 Å². The summed E-state index contributed by atoms with van der Waals surface area (Å²) < 4.78 is 1.82. The number of carbonyl (C=O) groups is 1. The first-order chi connectivity index (χ1) is 12.6. The van der Waals surface area contributed by atoms with E-state index in [2.05, 4.69) is 44.6 Å². The number of tetrazole rings is 1. The van der Waals surface area contributed by atoms with Crippen LogP contribution in [0.1, 0.15) is 45.2 Å². The average Bonchev–Trinajstić information content (AvgIpc) is 3.41. The van der Waals surface area contributed by atoms with Crippen molar-refractivity contribution in [3.05, 3.63) is 23.9 Å². The average molecular weight is 376 g/mol. The molecule has 140 valence electrons. The Kier molecular flexibility index (Phi) is 6.08. The highest BCUT2D eigenvalue weighted by atomic mass is 32.2. The van der Waals surface area contributed by atoms with Crippen molar-refractivity contribution in [2.24, 2.45) is 0 Å². The molecule has 0 aromatic carbocycles. The Labute approximate surface area is 157 Å². The number of amides is 1. The zero-order chi connectivity index (χ0) is 18.5. The van der Waals surface area contributed by atoms with Gasteiger partial charge in [0.1, 0.15) is 5.82 Å². The number of rotatable bonds is 9. The van der Waals surface area contributed by atoms with Gasteiger partial charge in [-0.2, -0.15) is 0 Å². The predicted octanol–water partition coefficient (Wildman–Crippen LogP) is 2.05. The molecule has 3 rings (SSSR count). The van der Waals surface area contributed by atoms with Crippen LogP contribution in [-0.4, -0.2) is 49.4 Å². The van der Waals surface area contributed by atoms with E-state index in [-0.39, 0.29) is 11.2 Å². The molecule has 1 N–H and O–H groups in total. The number of hydrogen-bond acceptors (Lipinski definition) is 7. The van der Waals surface area contributed by atoms with Crippen LogP contribution in [0, 0.1) is 0 Å². The maximum absolute atomic E-state index is 12.4. The summed E-state index contributed by atoms with van der Waals surface area (Å²) >= 11 is 1.39. The van der Waals surface area contributed by atoms with Gasteiger partial charge in [-0.1, -0.05) is 17.8 Å². The van der Waals surface area contributed by atoms with Gasteiger partial charge in [-0.25, -0.2) is 9.67 Å². The molecule has 0 spiro atoms. The first-order valence-corrected chi connectivity index (χ1v) is 9.92. The van der Waals surface area contributed by atoms with Crippen molar-refractivity contribution in [3.8, 4) is 0 Å². The SMILES string of the molecule is CCN(CC)c1ccc(CNC(=O)C(C)Sc2nnnn2C2CC2)cn1. The van der Waals surface area contributed by atoms with E-state index in [0.717, 1.165) is 37.3 Å². The lowest BCUT2D eigenvalue weighted by Gasteiger charge is -2.19. The summed E-state index contributed by atoms with van der Waals surface area (Å²) in [7, 11) is 0. The van der Waals surface area contributed by atoms with Crippen molar-refractivity contribution < 1.29 is 4.79 Å². The van der Waals surface area contributed by atoms with Crippen molar-refractivity contribution in [3.63, 3.8) is 0 Å². The molecule has 2 aromatic heterocycles. The number of thioether (sulfide) groups is 1. The van der Waals surface area contributed by atoms with E-state index in [9.17, 15) is 4.79 Å². The summed E-state index contributed by atoms with van der Waals surface area (Å²) in [4.78, 5) is 19.0. The minimum absolute atomic E-state index is 0.0341. The van der Waals surface area contributed by atoms with Gasteiger partial charge < -0.3 is 10.2 Å². The smallest absolute Gasteiger partial charge is 0.233 e. The number of hydrogen-bond donors (Lipinski definition) is 1. The number of carbonyl (C=O) groups excluding carboxylic acids is 1. The summed E-state index contributed by atoms with van der Waals surface area (Å²) in [5, 5.41) is 15.2. The molecule has 1 saturated carbocycles. The largest absolute Gasteiger partial charge is 0.357 e. The molecular weight excluding hydrogens is 350 g/mol. The van der Waals surface area contributed by atoms with Gasteiger partial charge >= 0.3 is 0 Å². The highest BCUT2D eigenvalue weighted by Gasteiger charge is 2.29. The standard InChI is InChI=1S/C17H25N7OS/c1-4-23(5-2)15-9-6-13(10-18-15)11-19-16(25)12(3)26-17-20-21-22-24(17)14-7-8-14/h6,9-10,12,14H,4-5,7-8,11H2,1-3H3,(H,19,25). The maximum atomic E-state index is 12.4.